The summed E-state index contributed by atoms with van der Waals surface area (Å²) in [4.78, 5) is 19.1. The van der Waals surface area contributed by atoms with Crippen molar-refractivity contribution in [3.8, 4) is 0 Å². The summed E-state index contributed by atoms with van der Waals surface area (Å²) in [6.45, 7) is 0.902. The topological polar surface area (TPSA) is 33.2 Å². The number of likely N-dealkylation sites (tertiary alicyclic amines) is 1. The summed E-state index contributed by atoms with van der Waals surface area (Å²) < 4.78 is 0. The number of allylic oxidation sites excluding steroid dienone is 2. The number of nitrogens with zero attached hydrogens (tertiary/aromatic N) is 2. The third kappa shape index (κ3) is 2.21. The molecule has 1 aromatic heterocycles. The standard InChI is InChI=1S/C14H18N2OS/c17-14(11-5-1-2-6-11)16-9-4-3-7-12(16)13-15-8-10-18-13/h1-2,8,10-12H,3-7,9H2/t12-/m1/s1. The summed E-state index contributed by atoms with van der Waals surface area (Å²) in [5.74, 6) is 0.519. The lowest BCUT2D eigenvalue weighted by molar-refractivity contribution is -0.139. The van der Waals surface area contributed by atoms with E-state index < -0.39 is 0 Å². The van der Waals surface area contributed by atoms with Crippen LogP contribution in [0.5, 0.6) is 0 Å². The molecule has 2 aliphatic rings. The molecule has 0 N–H and O–H groups in total. The Labute approximate surface area is 112 Å². The fourth-order valence-corrected chi connectivity index (χ4v) is 3.69. The first-order valence-electron chi connectivity index (χ1n) is 6.71. The molecule has 0 radical (unpaired) electrons. The summed E-state index contributed by atoms with van der Waals surface area (Å²) in [6.07, 6.45) is 11.3. The van der Waals surface area contributed by atoms with Crippen LogP contribution in [0.4, 0.5) is 0 Å². The Morgan fingerprint density at radius 3 is 2.89 bits per heavy atom. The summed E-state index contributed by atoms with van der Waals surface area (Å²) >= 11 is 1.67. The third-order valence-corrected chi connectivity index (χ3v) is 4.76. The summed E-state index contributed by atoms with van der Waals surface area (Å²) in [7, 11) is 0. The highest BCUT2D eigenvalue weighted by molar-refractivity contribution is 7.09. The predicted molar refractivity (Wildman–Crippen MR) is 72.3 cm³/mol. The fourth-order valence-electron chi connectivity index (χ4n) is 2.90. The Bertz CT molecular complexity index is 433. The molecular formula is C14H18N2OS. The lowest BCUT2D eigenvalue weighted by Crippen LogP contribution is -2.41. The summed E-state index contributed by atoms with van der Waals surface area (Å²) in [6, 6.07) is 0.229. The van der Waals surface area contributed by atoms with Crippen LogP contribution >= 0.6 is 11.3 Å². The van der Waals surface area contributed by atoms with Gasteiger partial charge in [-0.25, -0.2) is 4.98 Å². The van der Waals surface area contributed by atoms with Gasteiger partial charge in [0, 0.05) is 24.0 Å². The highest BCUT2D eigenvalue weighted by Crippen LogP contribution is 2.34. The number of hydrogen-bond donors (Lipinski definition) is 0. The summed E-state index contributed by atoms with van der Waals surface area (Å²) in [5.41, 5.74) is 0. The van der Waals surface area contributed by atoms with Crippen LogP contribution in [0.2, 0.25) is 0 Å². The highest BCUT2D eigenvalue weighted by atomic mass is 32.1. The number of thiazole rings is 1. The molecule has 1 aliphatic heterocycles. The van der Waals surface area contributed by atoms with Gasteiger partial charge in [-0.2, -0.15) is 0 Å². The van der Waals surface area contributed by atoms with Crippen LogP contribution in [-0.2, 0) is 4.79 Å². The molecule has 1 atom stereocenters. The molecule has 0 bridgehead atoms. The van der Waals surface area contributed by atoms with Crippen LogP contribution < -0.4 is 0 Å². The molecule has 1 fully saturated rings. The van der Waals surface area contributed by atoms with E-state index in [0.717, 1.165) is 37.2 Å². The van der Waals surface area contributed by atoms with E-state index in [4.69, 9.17) is 0 Å². The van der Waals surface area contributed by atoms with Crippen LogP contribution in [0.25, 0.3) is 0 Å². The molecule has 0 unspecified atom stereocenters. The van der Waals surface area contributed by atoms with Gasteiger partial charge in [-0.1, -0.05) is 12.2 Å². The normalized spacial score (nSPS) is 24.7. The van der Waals surface area contributed by atoms with Gasteiger partial charge < -0.3 is 4.90 Å². The second-order valence-electron chi connectivity index (χ2n) is 5.05. The minimum atomic E-state index is 0.186. The first-order chi connectivity index (χ1) is 8.86. The minimum Gasteiger partial charge on any atom is -0.333 e. The number of hydrogen-bond acceptors (Lipinski definition) is 3. The van der Waals surface area contributed by atoms with Gasteiger partial charge in [0.25, 0.3) is 0 Å². The zero-order valence-electron chi connectivity index (χ0n) is 10.4. The van der Waals surface area contributed by atoms with E-state index in [-0.39, 0.29) is 12.0 Å². The van der Waals surface area contributed by atoms with Crippen LogP contribution in [-0.4, -0.2) is 22.3 Å². The van der Waals surface area contributed by atoms with Gasteiger partial charge in [0.05, 0.1) is 6.04 Å². The van der Waals surface area contributed by atoms with Gasteiger partial charge in [0.1, 0.15) is 5.01 Å². The number of carbonyl (C=O) groups excluding carboxylic acids is 1. The Hall–Kier alpha value is -1.16. The Balaban J connectivity index is 1.77. The second-order valence-corrected chi connectivity index (χ2v) is 5.98. The van der Waals surface area contributed by atoms with E-state index in [1.54, 1.807) is 11.3 Å². The van der Waals surface area contributed by atoms with Crippen molar-refractivity contribution in [2.45, 2.75) is 38.1 Å². The van der Waals surface area contributed by atoms with Crippen molar-refractivity contribution >= 4 is 17.2 Å². The molecule has 1 amide bonds. The molecule has 4 heteroatoms. The number of piperidine rings is 1. The van der Waals surface area contributed by atoms with Crippen molar-refractivity contribution in [2.75, 3.05) is 6.54 Å². The van der Waals surface area contributed by atoms with Crippen molar-refractivity contribution < 1.29 is 4.79 Å². The largest absolute Gasteiger partial charge is 0.333 e. The van der Waals surface area contributed by atoms with E-state index >= 15 is 0 Å². The quantitative estimate of drug-likeness (QED) is 0.767. The maximum Gasteiger partial charge on any atom is 0.226 e. The monoisotopic (exact) mass is 262 g/mol. The molecular weight excluding hydrogens is 244 g/mol. The number of aromatic nitrogens is 1. The average Bonchev–Trinajstić information content (AvgIpc) is 3.11. The first kappa shape index (κ1) is 11.9. The molecule has 96 valence electrons. The van der Waals surface area contributed by atoms with Crippen molar-refractivity contribution in [2.24, 2.45) is 5.92 Å². The van der Waals surface area contributed by atoms with Crippen molar-refractivity contribution in [3.63, 3.8) is 0 Å². The zero-order chi connectivity index (χ0) is 12.4. The van der Waals surface area contributed by atoms with Gasteiger partial charge in [0.2, 0.25) is 5.91 Å². The summed E-state index contributed by atoms with van der Waals surface area (Å²) in [5, 5.41) is 3.11. The lowest BCUT2D eigenvalue weighted by Gasteiger charge is -2.36. The van der Waals surface area contributed by atoms with E-state index in [2.05, 4.69) is 22.0 Å². The van der Waals surface area contributed by atoms with Crippen molar-refractivity contribution in [1.82, 2.24) is 9.88 Å². The van der Waals surface area contributed by atoms with Gasteiger partial charge in [-0.05, 0) is 32.1 Å². The molecule has 1 saturated heterocycles. The van der Waals surface area contributed by atoms with Gasteiger partial charge in [-0.15, -0.1) is 11.3 Å². The minimum absolute atomic E-state index is 0.186. The molecule has 3 nitrogen and oxygen atoms in total. The van der Waals surface area contributed by atoms with Crippen LogP contribution in [0.15, 0.2) is 23.7 Å². The molecule has 1 aromatic rings. The maximum absolute atomic E-state index is 12.6. The molecule has 1 aliphatic carbocycles. The smallest absolute Gasteiger partial charge is 0.226 e. The van der Waals surface area contributed by atoms with Gasteiger partial charge >= 0.3 is 0 Å². The van der Waals surface area contributed by atoms with Gasteiger partial charge in [-0.3, -0.25) is 4.79 Å². The van der Waals surface area contributed by atoms with E-state index in [1.165, 1.54) is 6.42 Å². The molecule has 0 aromatic carbocycles. The molecule has 0 spiro atoms. The first-order valence-corrected chi connectivity index (χ1v) is 7.59. The molecule has 0 saturated carbocycles. The number of carbonyl (C=O) groups is 1. The van der Waals surface area contributed by atoms with Crippen molar-refractivity contribution in [3.05, 3.63) is 28.7 Å². The Kier molecular flexibility index (Phi) is 3.46. The predicted octanol–water partition coefficient (Wildman–Crippen LogP) is 3.16. The molecule has 3 rings (SSSR count). The van der Waals surface area contributed by atoms with E-state index in [9.17, 15) is 4.79 Å². The molecule has 18 heavy (non-hydrogen) atoms. The van der Waals surface area contributed by atoms with Crippen LogP contribution in [0.3, 0.4) is 0 Å². The fraction of sp³-hybridized carbons (Fsp3) is 0.571. The maximum atomic E-state index is 12.6. The van der Waals surface area contributed by atoms with E-state index in [1.807, 2.05) is 11.6 Å². The lowest BCUT2D eigenvalue weighted by atomic mass is 9.98. The molecule has 2 heterocycles. The Morgan fingerprint density at radius 1 is 1.33 bits per heavy atom. The zero-order valence-corrected chi connectivity index (χ0v) is 11.2. The average molecular weight is 262 g/mol. The Morgan fingerprint density at radius 2 is 2.17 bits per heavy atom. The van der Waals surface area contributed by atoms with Crippen LogP contribution in [0, 0.1) is 5.92 Å². The second kappa shape index (κ2) is 5.22. The van der Waals surface area contributed by atoms with E-state index in [0.29, 0.717) is 5.91 Å². The van der Waals surface area contributed by atoms with Crippen molar-refractivity contribution in [1.29, 1.82) is 0 Å². The third-order valence-electron chi connectivity index (χ3n) is 3.88. The SMILES string of the molecule is O=C(C1CC=CC1)N1CCCC[C@@H]1c1nccs1. The number of rotatable bonds is 2. The van der Waals surface area contributed by atoms with Gasteiger partial charge in [0.15, 0.2) is 0 Å². The number of amides is 1. The van der Waals surface area contributed by atoms with Crippen LogP contribution in [0.1, 0.15) is 43.2 Å². The highest BCUT2D eigenvalue weighted by Gasteiger charge is 2.33.